The van der Waals surface area contributed by atoms with Gasteiger partial charge in [-0.05, 0) is 64.2 Å². The molecule has 0 aromatic heterocycles. The Labute approximate surface area is 137 Å². The first-order valence-electron chi connectivity index (χ1n) is 9.24. The van der Waals surface area contributed by atoms with Crippen LogP contribution in [0.4, 0.5) is 0 Å². The van der Waals surface area contributed by atoms with Crippen molar-refractivity contribution in [2.24, 2.45) is 17.8 Å². The second-order valence-corrected chi connectivity index (χ2v) is 8.50. The highest BCUT2D eigenvalue weighted by molar-refractivity contribution is 5.02. The fourth-order valence-corrected chi connectivity index (χ4v) is 3.82. The summed E-state index contributed by atoms with van der Waals surface area (Å²) in [5, 5.41) is 0. The summed E-state index contributed by atoms with van der Waals surface area (Å²) in [6.45, 7) is 14.4. The van der Waals surface area contributed by atoms with Crippen molar-refractivity contribution in [2.45, 2.75) is 91.5 Å². The molecule has 0 amide bonds. The zero-order valence-corrected chi connectivity index (χ0v) is 15.5. The molecular weight excluding hydrogens is 272 g/mol. The molecule has 0 N–H and O–H groups in total. The van der Waals surface area contributed by atoms with Gasteiger partial charge in [0.15, 0.2) is 0 Å². The van der Waals surface area contributed by atoms with Gasteiger partial charge in [0, 0.05) is 0 Å². The summed E-state index contributed by atoms with van der Waals surface area (Å²) in [6.07, 6.45) is 9.41. The molecule has 1 saturated heterocycles. The molecular formula is C20H36O2. The van der Waals surface area contributed by atoms with Crippen LogP contribution in [0.1, 0.15) is 73.6 Å². The largest absolute Gasteiger partial charge is 0.374 e. The van der Waals surface area contributed by atoms with Crippen molar-refractivity contribution in [3.8, 4) is 0 Å². The molecule has 0 aromatic carbocycles. The van der Waals surface area contributed by atoms with Gasteiger partial charge in [0.25, 0.3) is 0 Å². The monoisotopic (exact) mass is 308 g/mol. The molecule has 128 valence electrons. The molecule has 2 nitrogen and oxygen atoms in total. The number of allylic oxidation sites excluding steroid dienone is 1. The summed E-state index contributed by atoms with van der Waals surface area (Å²) in [5.41, 5.74) is 1.57. The van der Waals surface area contributed by atoms with Gasteiger partial charge in [-0.1, -0.05) is 38.8 Å². The average Bonchev–Trinajstić information content (AvgIpc) is 3.04. The van der Waals surface area contributed by atoms with E-state index >= 15 is 0 Å². The van der Waals surface area contributed by atoms with Crippen molar-refractivity contribution in [1.29, 1.82) is 0 Å². The highest BCUT2D eigenvalue weighted by atomic mass is 16.6. The molecule has 0 spiro atoms. The molecule has 1 aliphatic heterocycles. The molecule has 1 aliphatic carbocycles. The zero-order chi connectivity index (χ0) is 16.3. The first kappa shape index (κ1) is 18.0. The van der Waals surface area contributed by atoms with E-state index in [0.717, 1.165) is 37.2 Å². The van der Waals surface area contributed by atoms with Gasteiger partial charge in [0.2, 0.25) is 0 Å². The fraction of sp³-hybridized carbons (Fsp3) is 0.900. The molecule has 4 unspecified atom stereocenters. The van der Waals surface area contributed by atoms with Crippen LogP contribution in [0.25, 0.3) is 0 Å². The molecule has 0 bridgehead atoms. The van der Waals surface area contributed by atoms with Crippen LogP contribution in [0.15, 0.2) is 11.6 Å². The van der Waals surface area contributed by atoms with Gasteiger partial charge in [-0.2, -0.15) is 0 Å². The average molecular weight is 309 g/mol. The predicted octanol–water partition coefficient (Wildman–Crippen LogP) is 5.37. The number of hydrogen-bond donors (Lipinski definition) is 0. The molecule has 1 heterocycles. The minimum Gasteiger partial charge on any atom is -0.374 e. The van der Waals surface area contributed by atoms with Gasteiger partial charge in [0.1, 0.15) is 0 Å². The Bertz CT molecular complexity index is 383. The van der Waals surface area contributed by atoms with E-state index < -0.39 is 0 Å². The van der Waals surface area contributed by atoms with Crippen molar-refractivity contribution in [1.82, 2.24) is 0 Å². The van der Waals surface area contributed by atoms with E-state index in [2.05, 4.69) is 47.6 Å². The summed E-state index contributed by atoms with van der Waals surface area (Å²) in [5.74, 6) is 2.29. The Kier molecular flexibility index (Phi) is 6.13. The van der Waals surface area contributed by atoms with Gasteiger partial charge in [-0.15, -0.1) is 0 Å². The molecule has 1 saturated carbocycles. The molecule has 2 fully saturated rings. The lowest BCUT2D eigenvalue weighted by molar-refractivity contribution is -0.0264. The number of ether oxygens (including phenoxy) is 2. The van der Waals surface area contributed by atoms with Crippen LogP contribution >= 0.6 is 0 Å². The second kappa shape index (κ2) is 7.49. The van der Waals surface area contributed by atoms with Crippen LogP contribution < -0.4 is 0 Å². The summed E-state index contributed by atoms with van der Waals surface area (Å²) < 4.78 is 11.9. The van der Waals surface area contributed by atoms with Crippen molar-refractivity contribution >= 4 is 0 Å². The van der Waals surface area contributed by atoms with Gasteiger partial charge in [-0.3, -0.25) is 0 Å². The first-order chi connectivity index (χ1) is 10.3. The van der Waals surface area contributed by atoms with Crippen LogP contribution in [-0.4, -0.2) is 24.4 Å². The van der Waals surface area contributed by atoms with E-state index in [-0.39, 0.29) is 5.60 Å². The van der Waals surface area contributed by atoms with Crippen molar-refractivity contribution in [3.05, 3.63) is 11.6 Å². The van der Waals surface area contributed by atoms with E-state index in [1.165, 1.54) is 24.8 Å². The molecule has 2 heteroatoms. The quantitative estimate of drug-likeness (QED) is 0.466. The molecule has 4 atom stereocenters. The molecule has 0 radical (unpaired) electrons. The summed E-state index contributed by atoms with van der Waals surface area (Å²) in [6, 6.07) is 0. The number of hydrogen-bond acceptors (Lipinski definition) is 2. The lowest BCUT2D eigenvalue weighted by atomic mass is 9.75. The topological polar surface area (TPSA) is 21.8 Å². The lowest BCUT2D eigenvalue weighted by Crippen LogP contribution is -2.34. The van der Waals surface area contributed by atoms with Crippen molar-refractivity contribution in [3.63, 3.8) is 0 Å². The normalized spacial score (nSPS) is 35.0. The number of epoxide rings is 1. The third-order valence-corrected chi connectivity index (χ3v) is 5.67. The van der Waals surface area contributed by atoms with E-state index in [1.807, 2.05) is 0 Å². The van der Waals surface area contributed by atoms with Gasteiger partial charge in [-0.25, -0.2) is 0 Å². The minimum atomic E-state index is 0.125. The van der Waals surface area contributed by atoms with Gasteiger partial charge in [0.05, 0.1) is 24.4 Å². The minimum absolute atomic E-state index is 0.125. The molecule has 22 heavy (non-hydrogen) atoms. The molecule has 0 aromatic rings. The Hall–Kier alpha value is -0.340. The second-order valence-electron chi connectivity index (χ2n) is 8.50. The smallest absolute Gasteiger partial charge is 0.0892 e. The summed E-state index contributed by atoms with van der Waals surface area (Å²) in [7, 11) is 0. The van der Waals surface area contributed by atoms with Crippen LogP contribution in [0.5, 0.6) is 0 Å². The van der Waals surface area contributed by atoms with E-state index in [9.17, 15) is 0 Å². The van der Waals surface area contributed by atoms with E-state index in [4.69, 9.17) is 9.47 Å². The lowest BCUT2D eigenvalue weighted by Gasteiger charge is -2.37. The summed E-state index contributed by atoms with van der Waals surface area (Å²) >= 11 is 0. The van der Waals surface area contributed by atoms with Crippen molar-refractivity contribution in [2.75, 3.05) is 6.61 Å². The molecule has 2 rings (SSSR count). The SMILES string of the molecule is CC(=CCOC1CC(C)CCC1C(C)C)CCC1OC1(C)C. The maximum absolute atomic E-state index is 6.25. The number of rotatable bonds is 7. The van der Waals surface area contributed by atoms with Crippen LogP contribution in [0, 0.1) is 17.8 Å². The van der Waals surface area contributed by atoms with E-state index in [1.54, 1.807) is 0 Å². The Morgan fingerprint density at radius 2 is 2.00 bits per heavy atom. The molecule has 2 aliphatic rings. The predicted molar refractivity (Wildman–Crippen MR) is 93.0 cm³/mol. The van der Waals surface area contributed by atoms with Crippen LogP contribution in [-0.2, 0) is 9.47 Å². The van der Waals surface area contributed by atoms with Gasteiger partial charge >= 0.3 is 0 Å². The fourth-order valence-electron chi connectivity index (χ4n) is 3.82. The third kappa shape index (κ3) is 5.09. The summed E-state index contributed by atoms with van der Waals surface area (Å²) in [4.78, 5) is 0. The zero-order valence-electron chi connectivity index (χ0n) is 15.5. The maximum Gasteiger partial charge on any atom is 0.0892 e. The Morgan fingerprint density at radius 1 is 1.32 bits per heavy atom. The highest BCUT2D eigenvalue weighted by Crippen LogP contribution is 2.39. The first-order valence-corrected chi connectivity index (χ1v) is 9.24. The van der Waals surface area contributed by atoms with Crippen LogP contribution in [0.2, 0.25) is 0 Å². The highest BCUT2D eigenvalue weighted by Gasteiger charge is 2.46. The Morgan fingerprint density at radius 3 is 2.59 bits per heavy atom. The Balaban J connectivity index is 1.72. The maximum atomic E-state index is 6.25. The van der Waals surface area contributed by atoms with Crippen LogP contribution in [0.3, 0.4) is 0 Å². The third-order valence-electron chi connectivity index (χ3n) is 5.67. The van der Waals surface area contributed by atoms with Gasteiger partial charge < -0.3 is 9.47 Å². The van der Waals surface area contributed by atoms with E-state index in [0.29, 0.717) is 12.2 Å². The van der Waals surface area contributed by atoms with Crippen molar-refractivity contribution < 1.29 is 9.47 Å². The standard InChI is InChI=1S/C20H36O2/c1-14(2)17-9-7-16(4)13-18(17)21-12-11-15(3)8-10-19-20(5,6)22-19/h11,14,16-19H,7-10,12-13H2,1-6H3.